The number of carbonyl (C=O) groups excluding carboxylic acids is 3. The highest BCUT2D eigenvalue weighted by Crippen LogP contribution is 2.50. The first kappa shape index (κ1) is 75.9. The zero-order chi connectivity index (χ0) is 67.9. The van der Waals surface area contributed by atoms with Crippen LogP contribution in [-0.2, 0) is 67.1 Å². The van der Waals surface area contributed by atoms with Crippen molar-refractivity contribution in [1.82, 2.24) is 9.80 Å². The standard InChI is InChI=1S/C40H52ClN3O6S.C36H47ClN4O5S.2CH4/c1-2-33(45)26-51(47)22-5-3-4-8-37(49-21-18-43-16-19-48-20-17-43)34-12-9-31(34)25-44-27-40(15-6-7-29-23-32(41)11-13-35(29)40)28-50-38-14-10-30(24-36(38)44)39(46)42-51;37-29-9-11-31-26(21-29)5-4-13-36(31)24-41-23-28-7-10-30(28)33(45-19-16-40-14-17-44-18-15-40)6-2-1-3-20-47(38,43)39-35(42)27-8-12-34(46-25-36)32(41)22-27;;/h4,8,10-11,13-14,23-24,31,34,37H,2-3,5-7,9,12,15-22,25-28H2,1H3;2,6,8-9,11-12,21-22,28,30,33H,1,3-5,7,10,13-20,23-25H2,(H2,38,39,42,43);2*1H4/b8-4+;6-2+;;/t31-,34+,37-,40-,51-;28-,30+,33-,36-,47?;;/m00../s1. The van der Waals surface area contributed by atoms with E-state index in [1.165, 1.54) is 22.3 Å². The van der Waals surface area contributed by atoms with E-state index < -0.39 is 31.5 Å². The van der Waals surface area contributed by atoms with Crippen molar-refractivity contribution in [3.63, 3.8) is 0 Å². The molecule has 2 amide bonds. The van der Waals surface area contributed by atoms with E-state index in [9.17, 15) is 22.8 Å². The van der Waals surface area contributed by atoms with Crippen molar-refractivity contribution in [2.24, 2.45) is 37.5 Å². The highest BCUT2D eigenvalue weighted by atomic mass is 35.5. The monoisotopic (exact) mass is 1450 g/mol. The first-order chi connectivity index (χ1) is 47.5. The number of ketones is 1. The van der Waals surface area contributed by atoms with Gasteiger partial charge in [0.05, 0.1) is 91.9 Å². The summed E-state index contributed by atoms with van der Waals surface area (Å²) in [6.07, 6.45) is 22.0. The van der Waals surface area contributed by atoms with Gasteiger partial charge in [-0.25, -0.2) is 13.6 Å². The molecular formula is C78H107Cl2N7O11S2. The number of rotatable bonds is 11. The molecule has 4 bridgehead atoms. The normalized spacial score (nSPS) is 30.8. The van der Waals surface area contributed by atoms with Gasteiger partial charge in [-0.3, -0.25) is 24.2 Å². The quantitative estimate of drug-likeness (QED) is 0.139. The molecule has 10 atom stereocenters. The molecule has 2 N–H and O–H groups in total. The summed E-state index contributed by atoms with van der Waals surface area (Å²) in [5, 5.41) is 7.61. The first-order valence-electron chi connectivity index (χ1n) is 36.2. The molecule has 100 heavy (non-hydrogen) atoms. The fraction of sp³-hybridized carbons (Fsp3) is 0.603. The van der Waals surface area contributed by atoms with Crippen molar-refractivity contribution in [2.75, 3.05) is 145 Å². The number of nitrogens with zero attached hydrogens (tertiary/aromatic N) is 6. The van der Waals surface area contributed by atoms with Crippen LogP contribution in [0.2, 0.25) is 10.0 Å². The van der Waals surface area contributed by atoms with E-state index >= 15 is 0 Å². The van der Waals surface area contributed by atoms with Crippen LogP contribution in [0.25, 0.3) is 0 Å². The number of carbonyl (C=O) groups is 3. The third-order valence-electron chi connectivity index (χ3n) is 22.5. The number of morpholine rings is 2. The summed E-state index contributed by atoms with van der Waals surface area (Å²) >= 11 is 12.9. The van der Waals surface area contributed by atoms with Crippen molar-refractivity contribution in [3.8, 4) is 11.5 Å². The number of amides is 2. The van der Waals surface area contributed by atoms with Crippen LogP contribution in [0.1, 0.15) is 148 Å². The average molecular weight is 1450 g/mol. The largest absolute Gasteiger partial charge is 0.490 e. The van der Waals surface area contributed by atoms with Gasteiger partial charge in [0.25, 0.3) is 11.8 Å². The number of hydrogen-bond acceptors (Lipinski definition) is 15. The Bertz CT molecular complexity index is 3860. The van der Waals surface area contributed by atoms with Gasteiger partial charge < -0.3 is 38.2 Å². The molecule has 14 rings (SSSR count). The highest BCUT2D eigenvalue weighted by molar-refractivity contribution is 7.94. The molecule has 18 nitrogen and oxygen atoms in total. The number of fused-ring (bicyclic) bond motifs is 8. The van der Waals surface area contributed by atoms with E-state index in [2.05, 4.69) is 76.9 Å². The van der Waals surface area contributed by atoms with Crippen molar-refractivity contribution in [1.29, 1.82) is 0 Å². The lowest BCUT2D eigenvalue weighted by Gasteiger charge is -2.46. The predicted octanol–water partition coefficient (Wildman–Crippen LogP) is 13.2. The molecule has 22 heteroatoms. The van der Waals surface area contributed by atoms with Crippen LogP contribution >= 0.6 is 23.2 Å². The van der Waals surface area contributed by atoms with Gasteiger partial charge in [-0.05, 0) is 196 Å². The number of aryl methyl sites for hydroxylation is 2. The van der Waals surface area contributed by atoms with Gasteiger partial charge in [0, 0.05) is 115 Å². The number of hydrogen-bond donors (Lipinski definition) is 1. The van der Waals surface area contributed by atoms with E-state index in [-0.39, 0.29) is 67.4 Å². The van der Waals surface area contributed by atoms with E-state index in [4.69, 9.17) is 56.8 Å². The molecule has 1 unspecified atom stereocenters. The lowest BCUT2D eigenvalue weighted by atomic mass is 9.68. The van der Waals surface area contributed by atoms with Gasteiger partial charge in [-0.1, -0.05) is 81.4 Å². The summed E-state index contributed by atoms with van der Waals surface area (Å²) in [7, 11) is -6.26. The first-order valence-corrected chi connectivity index (χ1v) is 40.5. The van der Waals surface area contributed by atoms with E-state index in [0.717, 1.165) is 189 Å². The fourth-order valence-electron chi connectivity index (χ4n) is 16.7. The Morgan fingerprint density at radius 2 is 1.09 bits per heavy atom. The summed E-state index contributed by atoms with van der Waals surface area (Å²) < 4.78 is 73.4. The van der Waals surface area contributed by atoms with E-state index in [1.54, 1.807) is 19.1 Å². The second-order valence-corrected chi connectivity index (χ2v) is 34.3. The molecule has 4 aliphatic carbocycles. The van der Waals surface area contributed by atoms with Gasteiger partial charge in [0.1, 0.15) is 27.2 Å². The SMILES string of the molecule is C.C.CCC(=O)C[S@]1(=O)=NC(=O)c2ccc3c(c2)N(C[C@@H]2CC[C@H]2[C@@H](OCCN2CCOCC2)/C=C/CCC1)C[C@@]1(CCCc2cc(Cl)ccc21)CO3.NS1(=O)=NC(=O)c2ccc3c(c2)N(C[C@@H]2CC[C@H]2[C@@H](OCCN2CCOCC2)/C=C/CCC1)C[C@@]1(CCCc2cc(Cl)ccc21)CO3. The summed E-state index contributed by atoms with van der Waals surface area (Å²) in [5.41, 5.74) is 7.20. The Kier molecular flexibility index (Phi) is 25.9. The third-order valence-corrected chi connectivity index (χ3v) is 26.5. The van der Waals surface area contributed by atoms with Crippen molar-refractivity contribution in [3.05, 3.63) is 141 Å². The maximum atomic E-state index is 14.1. The highest BCUT2D eigenvalue weighted by Gasteiger charge is 2.47. The lowest BCUT2D eigenvalue weighted by molar-refractivity contribution is -0.116. The molecule has 2 saturated heterocycles. The van der Waals surface area contributed by atoms with Gasteiger partial charge in [-0.15, -0.1) is 4.36 Å². The molecule has 4 aromatic rings. The second kappa shape index (κ2) is 34.1. The van der Waals surface area contributed by atoms with Crippen LogP contribution in [0.4, 0.5) is 11.4 Å². The average Bonchev–Trinajstić information content (AvgIpc) is 1.49. The Balaban J connectivity index is 0.000000198. The van der Waals surface area contributed by atoms with Crippen LogP contribution in [0, 0.1) is 23.7 Å². The zero-order valence-corrected chi connectivity index (χ0v) is 60.1. The summed E-state index contributed by atoms with van der Waals surface area (Å²) in [6.45, 7) is 15.9. The number of allylic oxidation sites excluding steroid dienone is 2. The van der Waals surface area contributed by atoms with Crippen molar-refractivity contribution >= 4 is 71.8 Å². The van der Waals surface area contributed by atoms with Crippen LogP contribution in [0.15, 0.2) is 106 Å². The molecule has 2 saturated carbocycles. The second-order valence-electron chi connectivity index (χ2n) is 29.0. The molecular weight excluding hydrogens is 1350 g/mol. The number of anilines is 2. The maximum absolute atomic E-state index is 14.1. The van der Waals surface area contributed by atoms with Crippen molar-refractivity contribution in [2.45, 2.75) is 141 Å². The van der Waals surface area contributed by atoms with Gasteiger partial charge >= 0.3 is 0 Å². The van der Waals surface area contributed by atoms with Crippen LogP contribution in [0.5, 0.6) is 11.5 Å². The topological polar surface area (TPSA) is 204 Å². The number of nitrogens with two attached hydrogens (primary N) is 1. The molecule has 4 aromatic carbocycles. The molecule has 10 aliphatic rings. The Labute approximate surface area is 605 Å². The summed E-state index contributed by atoms with van der Waals surface area (Å²) in [6, 6.07) is 23.5. The van der Waals surface area contributed by atoms with E-state index in [1.807, 2.05) is 36.4 Å². The van der Waals surface area contributed by atoms with Crippen molar-refractivity contribution < 1.29 is 51.2 Å². The van der Waals surface area contributed by atoms with Gasteiger partial charge in [-0.2, -0.15) is 4.36 Å². The number of Topliss-reactive ketones (excluding diaryl/α,β-unsaturated/α-hetero) is 1. The minimum Gasteiger partial charge on any atom is -0.490 e. The number of benzene rings is 4. The van der Waals surface area contributed by atoms with Crippen LogP contribution < -0.4 is 24.4 Å². The van der Waals surface area contributed by atoms with E-state index in [0.29, 0.717) is 86.9 Å². The van der Waals surface area contributed by atoms with Gasteiger partial charge in [0.2, 0.25) is 0 Å². The summed E-state index contributed by atoms with van der Waals surface area (Å²) in [5.74, 6) is 1.95. The molecule has 0 radical (unpaired) electrons. The molecule has 6 heterocycles. The van der Waals surface area contributed by atoms with Crippen LogP contribution in [0.3, 0.4) is 0 Å². The smallest absolute Gasteiger partial charge is 0.286 e. The third kappa shape index (κ3) is 18.1. The Morgan fingerprint density at radius 1 is 0.620 bits per heavy atom. The Morgan fingerprint density at radius 3 is 1.55 bits per heavy atom. The minimum absolute atomic E-state index is 0. The molecule has 4 fully saturated rings. The molecule has 2 spiro atoms. The Hall–Kier alpha value is -5.23. The number of ether oxygens (including phenoxy) is 6. The minimum atomic E-state index is -3.17. The maximum Gasteiger partial charge on any atom is 0.286 e. The molecule has 6 aliphatic heterocycles. The molecule has 546 valence electrons. The van der Waals surface area contributed by atoms with Gasteiger partial charge in [0.15, 0.2) is 0 Å². The zero-order valence-electron chi connectivity index (χ0n) is 57.0. The fourth-order valence-corrected chi connectivity index (χ4v) is 20.2. The molecule has 0 aromatic heterocycles. The lowest BCUT2D eigenvalue weighted by Crippen LogP contribution is -2.50. The predicted molar refractivity (Wildman–Crippen MR) is 401 cm³/mol. The van der Waals surface area contributed by atoms with Crippen LogP contribution in [-0.4, -0.2) is 184 Å². The summed E-state index contributed by atoms with van der Waals surface area (Å²) in [4.78, 5) is 49.4. The number of halogens is 2.